The number of carbonyl (C=O) groups is 1. The first-order valence-electron chi connectivity index (χ1n) is 9.80. The predicted molar refractivity (Wildman–Crippen MR) is 117 cm³/mol. The lowest BCUT2D eigenvalue weighted by Gasteiger charge is -2.35. The van der Waals surface area contributed by atoms with Crippen molar-refractivity contribution >= 4 is 28.9 Å². The number of benzene rings is 1. The van der Waals surface area contributed by atoms with Crippen LogP contribution in [-0.2, 0) is 11.3 Å². The number of nitrogens with one attached hydrogen (secondary N) is 2. The van der Waals surface area contributed by atoms with Crippen LogP contribution in [0, 0.1) is 5.82 Å². The fourth-order valence-corrected chi connectivity index (χ4v) is 3.88. The van der Waals surface area contributed by atoms with Crippen molar-refractivity contribution in [1.82, 2.24) is 15.5 Å². The summed E-state index contributed by atoms with van der Waals surface area (Å²) in [6.07, 6.45) is 1.92. The van der Waals surface area contributed by atoms with Gasteiger partial charge in [0.25, 0.3) is 0 Å². The van der Waals surface area contributed by atoms with E-state index >= 15 is 0 Å². The van der Waals surface area contributed by atoms with Crippen LogP contribution in [0.5, 0.6) is 0 Å². The average Bonchev–Trinajstić information content (AvgIpc) is 3.24. The summed E-state index contributed by atoms with van der Waals surface area (Å²) in [5, 5.41) is 8.79. The Morgan fingerprint density at radius 3 is 2.86 bits per heavy atom. The summed E-state index contributed by atoms with van der Waals surface area (Å²) in [5.74, 6) is 0.349. The minimum Gasteiger partial charge on any atom is -0.367 e. The number of anilines is 1. The largest absolute Gasteiger partial charge is 0.367 e. The van der Waals surface area contributed by atoms with Gasteiger partial charge in [-0.25, -0.2) is 9.38 Å². The smallest absolute Gasteiger partial charge is 0.243 e. The molecule has 1 aromatic carbocycles. The number of hydrogen-bond donors (Lipinski definition) is 2. The number of nitrogens with zero attached hydrogens (tertiary/aromatic N) is 3. The molecule has 1 aliphatic heterocycles. The number of amides is 1. The molecule has 0 bridgehead atoms. The van der Waals surface area contributed by atoms with E-state index in [-0.39, 0.29) is 24.3 Å². The molecule has 1 unspecified atom stereocenters. The second-order valence-electron chi connectivity index (χ2n) is 7.27. The molecule has 2 heterocycles. The Bertz CT molecular complexity index is 824. The molecule has 156 valence electrons. The van der Waals surface area contributed by atoms with Crippen molar-refractivity contribution in [2.24, 2.45) is 4.99 Å². The van der Waals surface area contributed by atoms with Crippen molar-refractivity contribution in [2.75, 3.05) is 38.6 Å². The summed E-state index contributed by atoms with van der Waals surface area (Å²) in [6.45, 7) is 2.23. The van der Waals surface area contributed by atoms with Gasteiger partial charge in [0.1, 0.15) is 12.4 Å². The number of para-hydroxylation sites is 1. The lowest BCUT2D eigenvalue weighted by molar-refractivity contribution is -0.127. The molecule has 1 aromatic heterocycles. The van der Waals surface area contributed by atoms with Crippen LogP contribution >= 0.6 is 11.3 Å². The van der Waals surface area contributed by atoms with E-state index in [2.05, 4.69) is 26.6 Å². The molecule has 1 saturated heterocycles. The van der Waals surface area contributed by atoms with Crippen LogP contribution < -0.4 is 15.5 Å². The van der Waals surface area contributed by atoms with Gasteiger partial charge in [-0.3, -0.25) is 4.79 Å². The summed E-state index contributed by atoms with van der Waals surface area (Å²) in [5.41, 5.74) is 0.631. The molecule has 1 amide bonds. The molecule has 29 heavy (non-hydrogen) atoms. The maximum atomic E-state index is 14.2. The first kappa shape index (κ1) is 21.1. The highest BCUT2D eigenvalue weighted by Crippen LogP contribution is 2.22. The summed E-state index contributed by atoms with van der Waals surface area (Å²) in [6, 6.07) is 11.1. The van der Waals surface area contributed by atoms with Gasteiger partial charge in [0.2, 0.25) is 5.91 Å². The van der Waals surface area contributed by atoms with Crippen LogP contribution in [0.1, 0.15) is 17.7 Å². The Labute approximate surface area is 175 Å². The van der Waals surface area contributed by atoms with Crippen molar-refractivity contribution in [1.29, 1.82) is 0 Å². The summed E-state index contributed by atoms with van der Waals surface area (Å²) in [7, 11) is 3.44. The van der Waals surface area contributed by atoms with Gasteiger partial charge in [0.05, 0.1) is 12.2 Å². The van der Waals surface area contributed by atoms with Crippen LogP contribution in [0.2, 0.25) is 0 Å². The van der Waals surface area contributed by atoms with Gasteiger partial charge in [-0.15, -0.1) is 11.3 Å². The number of thiophene rings is 1. The zero-order chi connectivity index (χ0) is 20.6. The van der Waals surface area contributed by atoms with Gasteiger partial charge in [-0.05, 0) is 36.4 Å². The molecule has 2 N–H and O–H groups in total. The highest BCUT2D eigenvalue weighted by atomic mass is 32.1. The molecule has 1 fully saturated rings. The Hall–Kier alpha value is -2.61. The molecule has 0 aliphatic carbocycles. The van der Waals surface area contributed by atoms with E-state index in [0.717, 1.165) is 19.4 Å². The summed E-state index contributed by atoms with van der Waals surface area (Å²) < 4.78 is 14.2. The highest BCUT2D eigenvalue weighted by molar-refractivity contribution is 7.09. The second kappa shape index (κ2) is 10.2. The molecule has 1 atom stereocenters. The number of piperidine rings is 1. The Balaban J connectivity index is 1.66. The van der Waals surface area contributed by atoms with Crippen molar-refractivity contribution in [2.45, 2.75) is 25.4 Å². The zero-order valence-corrected chi connectivity index (χ0v) is 17.7. The van der Waals surface area contributed by atoms with E-state index in [4.69, 9.17) is 0 Å². The van der Waals surface area contributed by atoms with Gasteiger partial charge in [-0.2, -0.15) is 0 Å². The van der Waals surface area contributed by atoms with Crippen molar-refractivity contribution in [3.63, 3.8) is 0 Å². The quantitative estimate of drug-likeness (QED) is 0.561. The van der Waals surface area contributed by atoms with E-state index in [9.17, 15) is 9.18 Å². The highest BCUT2D eigenvalue weighted by Gasteiger charge is 2.23. The zero-order valence-electron chi connectivity index (χ0n) is 16.9. The third-order valence-electron chi connectivity index (χ3n) is 4.84. The number of halogens is 1. The van der Waals surface area contributed by atoms with E-state index in [1.54, 1.807) is 31.5 Å². The van der Waals surface area contributed by atoms with Crippen molar-refractivity contribution in [3.05, 3.63) is 52.5 Å². The molecule has 1 aliphatic rings. The third kappa shape index (κ3) is 6.19. The minimum atomic E-state index is -0.200. The van der Waals surface area contributed by atoms with Gasteiger partial charge >= 0.3 is 0 Å². The van der Waals surface area contributed by atoms with Gasteiger partial charge in [0.15, 0.2) is 5.96 Å². The molecule has 8 heteroatoms. The van der Waals surface area contributed by atoms with E-state index in [0.29, 0.717) is 24.7 Å². The molecular weight excluding hydrogens is 389 g/mol. The third-order valence-corrected chi connectivity index (χ3v) is 5.71. The molecule has 0 spiro atoms. The second-order valence-corrected chi connectivity index (χ2v) is 8.30. The minimum absolute atomic E-state index is 0.0566. The fourth-order valence-electron chi connectivity index (χ4n) is 3.24. The topological polar surface area (TPSA) is 60.0 Å². The van der Waals surface area contributed by atoms with Crippen LogP contribution in [0.3, 0.4) is 0 Å². The maximum Gasteiger partial charge on any atom is 0.243 e. The van der Waals surface area contributed by atoms with Crippen LogP contribution in [-0.4, -0.2) is 56.5 Å². The average molecular weight is 418 g/mol. The van der Waals surface area contributed by atoms with Crippen LogP contribution in [0.25, 0.3) is 0 Å². The maximum absolute atomic E-state index is 14.2. The number of hydrogen-bond acceptors (Lipinski definition) is 4. The fraction of sp³-hybridized carbons (Fsp3) is 0.429. The first-order valence-corrected chi connectivity index (χ1v) is 10.7. The van der Waals surface area contributed by atoms with Gasteiger partial charge in [0, 0.05) is 38.1 Å². The van der Waals surface area contributed by atoms with E-state index in [1.165, 1.54) is 15.8 Å². The number of likely N-dealkylation sites (N-methyl/N-ethyl adjacent to an activating group) is 1. The van der Waals surface area contributed by atoms with Gasteiger partial charge < -0.3 is 20.4 Å². The van der Waals surface area contributed by atoms with E-state index in [1.807, 2.05) is 23.6 Å². The molecule has 6 nitrogen and oxygen atoms in total. The lowest BCUT2D eigenvalue weighted by atomic mass is 10.0. The molecule has 0 radical (unpaired) electrons. The number of aliphatic imine (C=N–C) groups is 1. The Morgan fingerprint density at radius 2 is 2.14 bits per heavy atom. The normalized spacial score (nSPS) is 17.1. The SMILES string of the molecule is CN(C)C(=O)CN=C(NCc1cccs1)NC1CCCN(c2ccccc2F)C1. The molecular formula is C21H28FN5OS. The Morgan fingerprint density at radius 1 is 1.31 bits per heavy atom. The lowest BCUT2D eigenvalue weighted by Crippen LogP contribution is -2.51. The molecule has 0 saturated carbocycles. The first-order chi connectivity index (χ1) is 14.0. The van der Waals surface area contributed by atoms with Crippen molar-refractivity contribution < 1.29 is 9.18 Å². The Kier molecular flexibility index (Phi) is 7.46. The van der Waals surface area contributed by atoms with Crippen molar-refractivity contribution in [3.8, 4) is 0 Å². The summed E-state index contributed by atoms with van der Waals surface area (Å²) in [4.78, 5) is 21.2. The number of carbonyl (C=O) groups excluding carboxylic acids is 1. The number of rotatable bonds is 6. The van der Waals surface area contributed by atoms with Gasteiger partial charge in [-0.1, -0.05) is 18.2 Å². The predicted octanol–water partition coefficient (Wildman–Crippen LogP) is 2.68. The van der Waals surface area contributed by atoms with E-state index < -0.39 is 0 Å². The monoisotopic (exact) mass is 417 g/mol. The van der Waals surface area contributed by atoms with Crippen LogP contribution in [0.15, 0.2) is 46.8 Å². The number of guanidine groups is 1. The molecule has 3 rings (SSSR count). The molecule has 2 aromatic rings. The standard InChI is InChI=1S/C21H28FN5OS/c1-26(2)20(28)14-24-21(23-13-17-8-6-12-29-17)25-16-7-5-11-27(15-16)19-10-4-3-9-18(19)22/h3-4,6,8-10,12,16H,5,7,11,13-15H2,1-2H3,(H2,23,24,25). The summed E-state index contributed by atoms with van der Waals surface area (Å²) >= 11 is 1.67. The van der Waals surface area contributed by atoms with Crippen LogP contribution in [0.4, 0.5) is 10.1 Å².